The molecule has 0 bridgehead atoms. The Bertz CT molecular complexity index is 269. The van der Waals surface area contributed by atoms with Crippen molar-refractivity contribution < 1.29 is 37.8 Å². The van der Waals surface area contributed by atoms with E-state index in [4.69, 9.17) is 10.2 Å². The minimum absolute atomic E-state index is 1.57. The van der Waals surface area contributed by atoms with Crippen molar-refractivity contribution in [1.82, 2.24) is 0 Å². The molecule has 0 saturated carbocycles. The van der Waals surface area contributed by atoms with Gasteiger partial charge in [-0.3, -0.25) is 9.59 Å². The number of alkyl halides is 3. The van der Waals surface area contributed by atoms with Crippen LogP contribution >= 0.6 is 0 Å². The van der Waals surface area contributed by atoms with Gasteiger partial charge in [0, 0.05) is 0 Å². The highest BCUT2D eigenvalue weighted by molar-refractivity contribution is 6.34. The van der Waals surface area contributed by atoms with Crippen LogP contribution in [0.15, 0.2) is 0 Å². The van der Waals surface area contributed by atoms with Gasteiger partial charge in [-0.05, 0) is 0 Å². The van der Waals surface area contributed by atoms with Gasteiger partial charge in [0.25, 0.3) is 5.78 Å². The predicted octanol–water partition coefficient (Wildman–Crippen LogP) is 0.293. The molecule has 0 saturated heterocycles. The second kappa shape index (κ2) is 4.07. The number of carboxylic acids is 2. The lowest BCUT2D eigenvalue weighted by atomic mass is 10.00. The summed E-state index contributed by atoms with van der Waals surface area (Å²) in [6.45, 7) is 0. The minimum Gasteiger partial charge on any atom is -0.481 e. The van der Waals surface area contributed by atoms with Crippen molar-refractivity contribution >= 4 is 17.7 Å². The highest BCUT2D eigenvalue weighted by Gasteiger charge is 2.48. The maximum Gasteiger partial charge on any atom is 0.399 e. The van der Waals surface area contributed by atoms with Crippen LogP contribution in [0.3, 0.4) is 0 Å². The van der Waals surface area contributed by atoms with Gasteiger partial charge in [-0.15, -0.1) is 0 Å². The lowest BCUT2D eigenvalue weighted by Gasteiger charge is -2.14. The molecule has 0 aromatic carbocycles. The molecule has 8 heteroatoms. The first kappa shape index (κ1) is 12.4. The SMILES string of the molecule is O=C(O)CC(C(=O)C(=O)O)C(F)(F)F. The Labute approximate surface area is 75.1 Å². The van der Waals surface area contributed by atoms with Gasteiger partial charge < -0.3 is 10.2 Å². The molecule has 0 aromatic heterocycles. The number of carbonyl (C=O) groups is 3. The van der Waals surface area contributed by atoms with Crippen LogP contribution in [0.5, 0.6) is 0 Å². The summed E-state index contributed by atoms with van der Waals surface area (Å²) in [6, 6.07) is 0. The number of hydrogen-bond donors (Lipinski definition) is 2. The number of Topliss-reactive ketones (excluding diaryl/α,β-unsaturated/α-hetero) is 1. The van der Waals surface area contributed by atoms with E-state index in [0.29, 0.717) is 0 Å². The number of carbonyl (C=O) groups excluding carboxylic acids is 1. The van der Waals surface area contributed by atoms with Gasteiger partial charge in [0.05, 0.1) is 6.42 Å². The summed E-state index contributed by atoms with van der Waals surface area (Å²) in [5.41, 5.74) is 0. The third-order valence-corrected chi connectivity index (χ3v) is 1.30. The van der Waals surface area contributed by atoms with Crippen molar-refractivity contribution in [2.45, 2.75) is 12.6 Å². The van der Waals surface area contributed by atoms with Crippen molar-refractivity contribution in [3.05, 3.63) is 0 Å². The summed E-state index contributed by atoms with van der Waals surface area (Å²) in [5.74, 6) is -9.34. The molecular formula is C6H5F3O5. The fourth-order valence-electron chi connectivity index (χ4n) is 0.681. The van der Waals surface area contributed by atoms with Crippen LogP contribution in [-0.4, -0.2) is 34.1 Å². The quantitative estimate of drug-likeness (QED) is 0.656. The van der Waals surface area contributed by atoms with Crippen molar-refractivity contribution in [3.8, 4) is 0 Å². The van der Waals surface area contributed by atoms with Crippen LogP contribution in [0.2, 0.25) is 0 Å². The van der Waals surface area contributed by atoms with E-state index >= 15 is 0 Å². The minimum atomic E-state index is -5.16. The highest BCUT2D eigenvalue weighted by Crippen LogP contribution is 2.29. The van der Waals surface area contributed by atoms with E-state index in [0.717, 1.165) is 0 Å². The lowest BCUT2D eigenvalue weighted by molar-refractivity contribution is -0.191. The van der Waals surface area contributed by atoms with Gasteiger partial charge in [0.15, 0.2) is 0 Å². The Balaban J connectivity index is 4.82. The first-order valence-electron chi connectivity index (χ1n) is 3.22. The van der Waals surface area contributed by atoms with Crippen molar-refractivity contribution in [2.75, 3.05) is 0 Å². The molecule has 80 valence electrons. The van der Waals surface area contributed by atoms with Gasteiger partial charge in [0.2, 0.25) is 0 Å². The molecule has 0 aliphatic rings. The Morgan fingerprint density at radius 1 is 1.14 bits per heavy atom. The van der Waals surface area contributed by atoms with Crippen LogP contribution in [-0.2, 0) is 14.4 Å². The summed E-state index contributed by atoms with van der Waals surface area (Å²) >= 11 is 0. The molecule has 0 spiro atoms. The van der Waals surface area contributed by atoms with E-state index in [1.807, 2.05) is 0 Å². The standard InChI is InChI=1S/C6H5F3O5/c7-6(8,9)2(1-3(10)11)4(12)5(13)14/h2H,1H2,(H,10,11)(H,13,14). The lowest BCUT2D eigenvalue weighted by Crippen LogP contribution is -2.36. The molecular weight excluding hydrogens is 209 g/mol. The van der Waals surface area contributed by atoms with E-state index in [2.05, 4.69) is 0 Å². The number of rotatable bonds is 4. The smallest absolute Gasteiger partial charge is 0.399 e. The molecule has 1 unspecified atom stereocenters. The number of hydrogen-bond acceptors (Lipinski definition) is 3. The second-order valence-electron chi connectivity index (χ2n) is 2.36. The zero-order valence-corrected chi connectivity index (χ0v) is 6.54. The van der Waals surface area contributed by atoms with Crippen LogP contribution < -0.4 is 0 Å². The molecule has 0 aliphatic carbocycles. The molecule has 5 nitrogen and oxygen atoms in total. The van der Waals surface area contributed by atoms with E-state index in [9.17, 15) is 27.6 Å². The zero-order chi connectivity index (χ0) is 11.5. The third kappa shape index (κ3) is 3.42. The first-order chi connectivity index (χ1) is 6.16. The molecule has 0 radical (unpaired) electrons. The molecule has 0 aromatic rings. The largest absolute Gasteiger partial charge is 0.481 e. The van der Waals surface area contributed by atoms with Crippen LogP contribution in [0, 0.1) is 5.92 Å². The normalized spacial score (nSPS) is 13.4. The zero-order valence-electron chi connectivity index (χ0n) is 6.54. The number of aliphatic carboxylic acids is 2. The number of carboxylic acid groups (broad SMARTS) is 2. The first-order valence-corrected chi connectivity index (χ1v) is 3.22. The number of ketones is 1. The fourth-order valence-corrected chi connectivity index (χ4v) is 0.681. The van der Waals surface area contributed by atoms with Gasteiger partial charge in [-0.25, -0.2) is 4.79 Å². The molecule has 0 heterocycles. The summed E-state index contributed by atoms with van der Waals surface area (Å²) in [7, 11) is 0. The van der Waals surface area contributed by atoms with Crippen molar-refractivity contribution in [2.24, 2.45) is 5.92 Å². The number of halogens is 3. The average Bonchev–Trinajstić information content (AvgIpc) is 1.96. The van der Waals surface area contributed by atoms with Gasteiger partial charge >= 0.3 is 18.1 Å². The third-order valence-electron chi connectivity index (χ3n) is 1.30. The maximum absolute atomic E-state index is 11.9. The summed E-state index contributed by atoms with van der Waals surface area (Å²) in [6.07, 6.45) is -6.73. The second-order valence-corrected chi connectivity index (χ2v) is 2.36. The average molecular weight is 214 g/mol. The van der Waals surface area contributed by atoms with Gasteiger partial charge in [-0.1, -0.05) is 0 Å². The summed E-state index contributed by atoms with van der Waals surface area (Å²) in [4.78, 5) is 30.3. The maximum atomic E-state index is 11.9. The summed E-state index contributed by atoms with van der Waals surface area (Å²) in [5, 5.41) is 16.0. The van der Waals surface area contributed by atoms with E-state index < -0.39 is 36.2 Å². The predicted molar refractivity (Wildman–Crippen MR) is 34.4 cm³/mol. The fraction of sp³-hybridized carbons (Fsp3) is 0.500. The molecule has 2 N–H and O–H groups in total. The highest BCUT2D eigenvalue weighted by atomic mass is 19.4. The molecule has 0 rings (SSSR count). The van der Waals surface area contributed by atoms with Gasteiger partial charge in [0.1, 0.15) is 5.92 Å². The molecule has 1 atom stereocenters. The van der Waals surface area contributed by atoms with E-state index in [1.165, 1.54) is 0 Å². The molecule has 0 fully saturated rings. The van der Waals surface area contributed by atoms with Crippen LogP contribution in [0.1, 0.15) is 6.42 Å². The molecule has 14 heavy (non-hydrogen) atoms. The Morgan fingerprint density at radius 2 is 1.57 bits per heavy atom. The Morgan fingerprint density at radius 3 is 1.79 bits per heavy atom. The van der Waals surface area contributed by atoms with Crippen LogP contribution in [0.25, 0.3) is 0 Å². The van der Waals surface area contributed by atoms with E-state index in [-0.39, 0.29) is 0 Å². The summed E-state index contributed by atoms with van der Waals surface area (Å²) < 4.78 is 35.8. The van der Waals surface area contributed by atoms with Crippen molar-refractivity contribution in [3.63, 3.8) is 0 Å². The topological polar surface area (TPSA) is 91.7 Å². The molecule has 0 amide bonds. The van der Waals surface area contributed by atoms with Crippen molar-refractivity contribution in [1.29, 1.82) is 0 Å². The Hall–Kier alpha value is -1.60. The monoisotopic (exact) mass is 214 g/mol. The Kier molecular flexibility index (Phi) is 3.61. The van der Waals surface area contributed by atoms with Crippen LogP contribution in [0.4, 0.5) is 13.2 Å². The van der Waals surface area contributed by atoms with Gasteiger partial charge in [-0.2, -0.15) is 13.2 Å². The van der Waals surface area contributed by atoms with E-state index in [1.54, 1.807) is 0 Å². The molecule has 0 aliphatic heterocycles.